The molecule has 2 N–H and O–H groups in total. The maximum atomic E-state index is 11.2. The van der Waals surface area contributed by atoms with Gasteiger partial charge in [-0.15, -0.1) is 0 Å². The van der Waals surface area contributed by atoms with Crippen LogP contribution in [0.25, 0.3) is 11.0 Å². The quantitative estimate of drug-likeness (QED) is 0.583. The number of hydrogen-bond donors (Lipinski definition) is 2. The van der Waals surface area contributed by atoms with Gasteiger partial charge in [0.05, 0.1) is 38.6 Å². The Bertz CT molecular complexity index is 779. The summed E-state index contributed by atoms with van der Waals surface area (Å²) in [6.45, 7) is 3.53. The van der Waals surface area contributed by atoms with E-state index in [0.717, 1.165) is 0 Å². The van der Waals surface area contributed by atoms with Crippen LogP contribution < -0.4 is 0 Å². The van der Waals surface area contributed by atoms with Crippen molar-refractivity contribution in [3.05, 3.63) is 32.6 Å². The molecule has 5 nitrogen and oxygen atoms in total. The molecule has 0 fully saturated rings. The lowest BCUT2D eigenvalue weighted by Gasteiger charge is -2.14. The maximum absolute atomic E-state index is 11.2. The van der Waals surface area contributed by atoms with Crippen molar-refractivity contribution in [1.82, 2.24) is 9.97 Å². The average Bonchev–Trinajstić information content (AvgIpc) is 2.40. The molecule has 0 aliphatic rings. The summed E-state index contributed by atoms with van der Waals surface area (Å²) in [7, 11) is -4.24. The number of halogens is 3. The van der Waals surface area contributed by atoms with E-state index in [9.17, 15) is 4.57 Å². The number of benzene rings is 1. The van der Waals surface area contributed by atoms with Crippen molar-refractivity contribution in [1.29, 1.82) is 0 Å². The molecule has 0 aliphatic heterocycles. The van der Waals surface area contributed by atoms with Crippen LogP contribution in [0.15, 0.2) is 0 Å². The first-order chi connectivity index (χ1) is 9.65. The fourth-order valence-corrected chi connectivity index (χ4v) is 3.55. The van der Waals surface area contributed by atoms with Gasteiger partial charge in [0, 0.05) is 5.33 Å². The van der Waals surface area contributed by atoms with Crippen molar-refractivity contribution in [3.8, 4) is 0 Å². The van der Waals surface area contributed by atoms with Crippen molar-refractivity contribution >= 4 is 57.8 Å². The number of aryl methyl sites for hydroxylation is 2. The normalized spacial score (nSPS) is 12.1. The van der Waals surface area contributed by atoms with E-state index in [2.05, 4.69) is 25.9 Å². The zero-order valence-electron chi connectivity index (χ0n) is 11.2. The standard InChI is InChI=1S/C12H12BrCl2N2O3P/c1-5-9(14)10(15)6(2)12-11(5)16-7(3-13)8(17-12)4-21(18,19)20/h3-4H2,1-2H3,(H2,18,19,20). The van der Waals surface area contributed by atoms with E-state index in [-0.39, 0.29) is 5.69 Å². The minimum absolute atomic E-state index is 0.258. The van der Waals surface area contributed by atoms with E-state index < -0.39 is 13.8 Å². The maximum Gasteiger partial charge on any atom is 0.331 e. The molecule has 114 valence electrons. The Hall–Kier alpha value is -0.230. The van der Waals surface area contributed by atoms with Gasteiger partial charge in [0.15, 0.2) is 0 Å². The minimum Gasteiger partial charge on any atom is -0.324 e. The highest BCUT2D eigenvalue weighted by atomic mass is 79.9. The second-order valence-electron chi connectivity index (χ2n) is 4.65. The van der Waals surface area contributed by atoms with Gasteiger partial charge in [-0.2, -0.15) is 0 Å². The van der Waals surface area contributed by atoms with Crippen molar-refractivity contribution in [2.24, 2.45) is 0 Å². The van der Waals surface area contributed by atoms with Crippen molar-refractivity contribution < 1.29 is 14.4 Å². The molecule has 0 atom stereocenters. The fraction of sp³-hybridized carbons (Fsp3) is 0.333. The SMILES string of the molecule is Cc1c(Cl)c(Cl)c(C)c2nc(CP(=O)(O)O)c(CBr)nc12. The molecule has 0 saturated carbocycles. The summed E-state index contributed by atoms with van der Waals surface area (Å²) in [4.78, 5) is 27.1. The van der Waals surface area contributed by atoms with Gasteiger partial charge in [-0.3, -0.25) is 4.57 Å². The first-order valence-corrected chi connectivity index (χ1v) is 9.57. The number of rotatable bonds is 3. The van der Waals surface area contributed by atoms with Crippen LogP contribution >= 0.6 is 46.7 Å². The van der Waals surface area contributed by atoms with Gasteiger partial charge in [-0.25, -0.2) is 9.97 Å². The third kappa shape index (κ3) is 3.41. The van der Waals surface area contributed by atoms with Gasteiger partial charge in [-0.05, 0) is 25.0 Å². The number of aromatic nitrogens is 2. The van der Waals surface area contributed by atoms with E-state index >= 15 is 0 Å². The van der Waals surface area contributed by atoms with E-state index in [4.69, 9.17) is 33.0 Å². The Morgan fingerprint density at radius 1 is 1.05 bits per heavy atom. The molecule has 21 heavy (non-hydrogen) atoms. The van der Waals surface area contributed by atoms with Gasteiger partial charge < -0.3 is 9.79 Å². The van der Waals surface area contributed by atoms with Crippen molar-refractivity contribution in [3.63, 3.8) is 0 Å². The van der Waals surface area contributed by atoms with E-state index in [1.807, 2.05) is 0 Å². The zero-order valence-corrected chi connectivity index (χ0v) is 15.2. The first-order valence-electron chi connectivity index (χ1n) is 5.90. The van der Waals surface area contributed by atoms with Crippen LogP contribution in [-0.2, 0) is 16.1 Å². The zero-order chi connectivity index (χ0) is 15.9. The summed E-state index contributed by atoms with van der Waals surface area (Å²) >= 11 is 15.6. The van der Waals surface area contributed by atoms with Crippen LogP contribution in [0.2, 0.25) is 10.0 Å². The second-order valence-corrected chi connectivity index (χ2v) is 7.61. The Morgan fingerprint density at radius 3 is 1.86 bits per heavy atom. The van der Waals surface area contributed by atoms with E-state index in [1.54, 1.807) is 13.8 Å². The van der Waals surface area contributed by atoms with Gasteiger partial charge in [0.2, 0.25) is 0 Å². The smallest absolute Gasteiger partial charge is 0.324 e. The summed E-state index contributed by atoms with van der Waals surface area (Å²) in [5.41, 5.74) is 3.17. The Kier molecular flexibility index (Phi) is 4.98. The highest BCUT2D eigenvalue weighted by Crippen LogP contribution is 2.41. The largest absolute Gasteiger partial charge is 0.331 e. The Labute approximate surface area is 140 Å². The molecule has 2 aromatic rings. The van der Waals surface area contributed by atoms with Crippen LogP contribution in [0.4, 0.5) is 0 Å². The summed E-state index contributed by atoms with van der Waals surface area (Å²) in [6, 6.07) is 0. The summed E-state index contributed by atoms with van der Waals surface area (Å²) in [5.74, 6) is 0. The Morgan fingerprint density at radius 2 is 1.48 bits per heavy atom. The fourth-order valence-electron chi connectivity index (χ4n) is 1.99. The average molecular weight is 414 g/mol. The highest BCUT2D eigenvalue weighted by molar-refractivity contribution is 9.08. The third-order valence-corrected chi connectivity index (χ3v) is 5.38. The van der Waals surface area contributed by atoms with E-state index in [0.29, 0.717) is 43.2 Å². The summed E-state index contributed by atoms with van der Waals surface area (Å²) < 4.78 is 11.2. The van der Waals surface area contributed by atoms with Crippen LogP contribution in [-0.4, -0.2) is 19.8 Å². The molecule has 0 spiro atoms. The molecule has 0 bridgehead atoms. The van der Waals surface area contributed by atoms with Crippen molar-refractivity contribution in [2.45, 2.75) is 25.3 Å². The molecule has 1 heterocycles. The number of fused-ring (bicyclic) bond motifs is 1. The van der Waals surface area contributed by atoms with E-state index in [1.165, 1.54) is 0 Å². The van der Waals surface area contributed by atoms with Crippen molar-refractivity contribution in [2.75, 3.05) is 0 Å². The molecule has 0 unspecified atom stereocenters. The van der Waals surface area contributed by atoms with Gasteiger partial charge in [-0.1, -0.05) is 39.1 Å². The minimum atomic E-state index is -4.24. The topological polar surface area (TPSA) is 83.3 Å². The lowest BCUT2D eigenvalue weighted by atomic mass is 10.1. The molecule has 9 heteroatoms. The molecular weight excluding hydrogens is 402 g/mol. The third-order valence-electron chi connectivity index (χ3n) is 3.09. The molecule has 1 aromatic carbocycles. The lowest BCUT2D eigenvalue weighted by molar-refractivity contribution is 0.371. The molecule has 0 aliphatic carbocycles. The Balaban J connectivity index is 2.82. The predicted octanol–water partition coefficient (Wildman–Crippen LogP) is 4.13. The van der Waals surface area contributed by atoms with Crippen LogP contribution in [0.3, 0.4) is 0 Å². The molecular formula is C12H12BrCl2N2O3P. The summed E-state index contributed by atoms with van der Waals surface area (Å²) in [5, 5.41) is 1.13. The molecule has 0 radical (unpaired) electrons. The van der Waals surface area contributed by atoms with Gasteiger partial charge >= 0.3 is 7.60 Å². The summed E-state index contributed by atoms with van der Waals surface area (Å²) in [6.07, 6.45) is -0.463. The predicted molar refractivity (Wildman–Crippen MR) is 87.4 cm³/mol. The van der Waals surface area contributed by atoms with Crippen LogP contribution in [0, 0.1) is 13.8 Å². The van der Waals surface area contributed by atoms with Crippen LogP contribution in [0.5, 0.6) is 0 Å². The van der Waals surface area contributed by atoms with Gasteiger partial charge in [0.1, 0.15) is 0 Å². The molecule has 0 saturated heterocycles. The second kappa shape index (κ2) is 6.11. The number of alkyl halides is 1. The number of hydrogen-bond acceptors (Lipinski definition) is 3. The lowest BCUT2D eigenvalue weighted by Crippen LogP contribution is -2.04. The monoisotopic (exact) mass is 412 g/mol. The number of nitrogens with zero attached hydrogens (tertiary/aromatic N) is 2. The van der Waals surface area contributed by atoms with Crippen LogP contribution in [0.1, 0.15) is 22.5 Å². The highest BCUT2D eigenvalue weighted by Gasteiger charge is 2.22. The molecule has 2 rings (SSSR count). The van der Waals surface area contributed by atoms with Gasteiger partial charge in [0.25, 0.3) is 0 Å². The first kappa shape index (κ1) is 17.1. The molecule has 0 amide bonds. The molecule has 1 aromatic heterocycles.